The predicted octanol–water partition coefficient (Wildman–Crippen LogP) is 5.71. The number of carbonyl (C=O) groups excluding carboxylic acids is 2. The van der Waals surface area contributed by atoms with Crippen molar-refractivity contribution in [1.82, 2.24) is 15.5 Å². The van der Waals surface area contributed by atoms with Gasteiger partial charge in [-0.15, -0.1) is 0 Å². The third-order valence-corrected chi connectivity index (χ3v) is 8.29. The summed E-state index contributed by atoms with van der Waals surface area (Å²) in [6, 6.07) is 7.84. The van der Waals surface area contributed by atoms with Crippen molar-refractivity contribution in [3.8, 4) is 5.75 Å². The number of likely N-dealkylation sites (tertiary alicyclic amines) is 1. The molecule has 2 atom stereocenters. The van der Waals surface area contributed by atoms with Gasteiger partial charge in [0.2, 0.25) is 11.8 Å². The first-order valence-corrected chi connectivity index (χ1v) is 15.8. The number of nitrogens with zero attached hydrogens (tertiary/aromatic N) is 1. The molecule has 2 aliphatic rings. The highest BCUT2D eigenvalue weighted by molar-refractivity contribution is 5.90. The summed E-state index contributed by atoms with van der Waals surface area (Å²) in [5, 5.41) is 6.47. The van der Waals surface area contributed by atoms with Gasteiger partial charge in [0.05, 0.1) is 24.7 Å². The Kier molecular flexibility index (Phi) is 13.2. The first-order valence-electron chi connectivity index (χ1n) is 15.8. The number of amides is 2. The van der Waals surface area contributed by atoms with E-state index in [-0.39, 0.29) is 17.9 Å². The zero-order chi connectivity index (χ0) is 29.0. The van der Waals surface area contributed by atoms with Crippen LogP contribution in [0, 0.1) is 17.3 Å². The van der Waals surface area contributed by atoms with Crippen molar-refractivity contribution in [2.45, 2.75) is 111 Å². The lowest BCUT2D eigenvalue weighted by molar-refractivity contribution is -0.139. The molecule has 7 nitrogen and oxygen atoms in total. The molecule has 3 rings (SSSR count). The molecule has 0 saturated carbocycles. The summed E-state index contributed by atoms with van der Waals surface area (Å²) in [6.07, 6.45) is 8.05. The fraction of sp³-hybridized carbons (Fsp3) is 0.758. The molecule has 1 aromatic rings. The van der Waals surface area contributed by atoms with Gasteiger partial charge < -0.3 is 20.1 Å². The van der Waals surface area contributed by atoms with Gasteiger partial charge in [-0.3, -0.25) is 14.5 Å². The second kappa shape index (κ2) is 16.4. The van der Waals surface area contributed by atoms with Crippen LogP contribution < -0.4 is 15.4 Å². The molecule has 0 unspecified atom stereocenters. The van der Waals surface area contributed by atoms with Gasteiger partial charge in [0.15, 0.2) is 0 Å². The van der Waals surface area contributed by atoms with E-state index in [1.807, 2.05) is 0 Å². The maximum atomic E-state index is 14.0. The zero-order valence-corrected chi connectivity index (χ0v) is 25.8. The first-order chi connectivity index (χ1) is 19.2. The Morgan fingerprint density at radius 3 is 2.30 bits per heavy atom. The molecule has 0 bridgehead atoms. The van der Waals surface area contributed by atoms with E-state index in [2.05, 4.69) is 74.4 Å². The Bertz CT molecular complexity index is 893. The number of ether oxygens (including phenoxy) is 2. The lowest BCUT2D eigenvalue weighted by Crippen LogP contribution is -2.56. The second-order valence-electron chi connectivity index (χ2n) is 12.9. The van der Waals surface area contributed by atoms with Crippen LogP contribution in [0.3, 0.4) is 0 Å². The standard InChI is InChI=1S/C33H55N3O4/c1-6-19-40-29-12-10-27(11-13-29)23-36-17-15-33(16-18-36)14-8-7-9-20-39-24-28(21-25(2)3)34-31(37)30(22-26(4)5)35-32(33)38/h10-13,25-26,28,30H,6-9,14-24H2,1-5H3,(H,34,37)(H,35,38)/t28-,30-/m0/s1. The molecule has 0 aromatic heterocycles. The van der Waals surface area contributed by atoms with Crippen LogP contribution in [0.2, 0.25) is 0 Å². The van der Waals surface area contributed by atoms with E-state index in [0.29, 0.717) is 31.5 Å². The summed E-state index contributed by atoms with van der Waals surface area (Å²) in [5.74, 6) is 1.66. The van der Waals surface area contributed by atoms with Gasteiger partial charge >= 0.3 is 0 Å². The van der Waals surface area contributed by atoms with Crippen molar-refractivity contribution in [2.75, 3.05) is 32.9 Å². The second-order valence-corrected chi connectivity index (χ2v) is 12.9. The van der Waals surface area contributed by atoms with Gasteiger partial charge in [0, 0.05) is 13.2 Å². The molecular weight excluding hydrogens is 502 g/mol. The third kappa shape index (κ3) is 10.4. The molecule has 2 saturated heterocycles. The minimum atomic E-state index is -0.520. The van der Waals surface area contributed by atoms with Crippen molar-refractivity contribution in [3.63, 3.8) is 0 Å². The molecule has 40 heavy (non-hydrogen) atoms. The van der Waals surface area contributed by atoms with Crippen LogP contribution in [0.25, 0.3) is 0 Å². The summed E-state index contributed by atoms with van der Waals surface area (Å²) in [4.78, 5) is 29.9. The summed E-state index contributed by atoms with van der Waals surface area (Å²) >= 11 is 0. The van der Waals surface area contributed by atoms with Crippen LogP contribution in [0.15, 0.2) is 24.3 Å². The minimum absolute atomic E-state index is 0.0357. The Hall–Kier alpha value is -2.12. The SMILES string of the molecule is CCCOc1ccc(CN2CCC3(CCCCCOC[C@H](CC(C)C)NC(=O)[C@H](CC(C)C)NC3=O)CC2)cc1. The highest BCUT2D eigenvalue weighted by atomic mass is 16.5. The fourth-order valence-corrected chi connectivity index (χ4v) is 6.02. The summed E-state index contributed by atoms with van der Waals surface area (Å²) in [7, 11) is 0. The van der Waals surface area contributed by atoms with E-state index in [0.717, 1.165) is 83.4 Å². The quantitative estimate of drug-likeness (QED) is 0.407. The molecule has 1 aromatic carbocycles. The molecule has 2 heterocycles. The molecule has 0 aliphatic carbocycles. The van der Waals surface area contributed by atoms with E-state index in [9.17, 15) is 9.59 Å². The molecule has 7 heteroatoms. The van der Waals surface area contributed by atoms with Gasteiger partial charge in [-0.05, 0) is 87.6 Å². The van der Waals surface area contributed by atoms with Crippen LogP contribution >= 0.6 is 0 Å². The Morgan fingerprint density at radius 1 is 0.950 bits per heavy atom. The van der Waals surface area contributed by atoms with Gasteiger partial charge in [-0.2, -0.15) is 0 Å². The van der Waals surface area contributed by atoms with Crippen LogP contribution in [-0.2, 0) is 20.9 Å². The normalized spacial score (nSPS) is 23.6. The van der Waals surface area contributed by atoms with Crippen LogP contribution in [0.1, 0.15) is 98.0 Å². The lowest BCUT2D eigenvalue weighted by atomic mass is 9.73. The molecule has 2 aliphatic heterocycles. The number of hydrogen-bond acceptors (Lipinski definition) is 5. The Balaban J connectivity index is 1.69. The fourth-order valence-electron chi connectivity index (χ4n) is 6.02. The van der Waals surface area contributed by atoms with Gasteiger partial charge in [-0.1, -0.05) is 59.6 Å². The van der Waals surface area contributed by atoms with Crippen molar-refractivity contribution >= 4 is 11.8 Å². The van der Waals surface area contributed by atoms with Crippen molar-refractivity contribution in [3.05, 3.63) is 29.8 Å². The highest BCUT2D eigenvalue weighted by Gasteiger charge is 2.42. The Morgan fingerprint density at radius 2 is 1.65 bits per heavy atom. The molecule has 2 N–H and O–H groups in total. The average Bonchev–Trinajstić information content (AvgIpc) is 2.91. The number of rotatable bonds is 9. The van der Waals surface area contributed by atoms with E-state index < -0.39 is 11.5 Å². The van der Waals surface area contributed by atoms with Crippen LogP contribution in [-0.4, -0.2) is 61.7 Å². The molecule has 226 valence electrons. The van der Waals surface area contributed by atoms with E-state index in [1.54, 1.807) is 0 Å². The lowest BCUT2D eigenvalue weighted by Gasteiger charge is -2.42. The number of nitrogens with one attached hydrogen (secondary N) is 2. The van der Waals surface area contributed by atoms with E-state index in [1.165, 1.54) is 5.56 Å². The van der Waals surface area contributed by atoms with Crippen molar-refractivity contribution < 1.29 is 19.1 Å². The maximum Gasteiger partial charge on any atom is 0.242 e. The van der Waals surface area contributed by atoms with Crippen molar-refractivity contribution in [1.29, 1.82) is 0 Å². The van der Waals surface area contributed by atoms with Crippen LogP contribution in [0.4, 0.5) is 0 Å². The number of carbonyl (C=O) groups is 2. The first kappa shape index (κ1) is 32.4. The summed E-state index contributed by atoms with van der Waals surface area (Å²) < 4.78 is 11.7. The molecule has 0 radical (unpaired) electrons. The molecule has 2 fully saturated rings. The van der Waals surface area contributed by atoms with Gasteiger partial charge in [-0.25, -0.2) is 0 Å². The average molecular weight is 558 g/mol. The molecule has 2 amide bonds. The largest absolute Gasteiger partial charge is 0.494 e. The zero-order valence-electron chi connectivity index (χ0n) is 25.8. The Labute approximate surface area is 243 Å². The van der Waals surface area contributed by atoms with E-state index in [4.69, 9.17) is 9.47 Å². The summed E-state index contributed by atoms with van der Waals surface area (Å²) in [6.45, 7) is 15.3. The summed E-state index contributed by atoms with van der Waals surface area (Å²) in [5.41, 5.74) is 0.839. The number of benzene rings is 1. The van der Waals surface area contributed by atoms with Crippen LogP contribution in [0.5, 0.6) is 5.75 Å². The number of hydrogen-bond donors (Lipinski definition) is 2. The maximum absolute atomic E-state index is 14.0. The van der Waals surface area contributed by atoms with Gasteiger partial charge in [0.1, 0.15) is 11.8 Å². The topological polar surface area (TPSA) is 79.9 Å². The van der Waals surface area contributed by atoms with Gasteiger partial charge in [0.25, 0.3) is 0 Å². The van der Waals surface area contributed by atoms with Crippen molar-refractivity contribution in [2.24, 2.45) is 17.3 Å². The molecule has 1 spiro atoms. The third-order valence-electron chi connectivity index (χ3n) is 8.29. The highest BCUT2D eigenvalue weighted by Crippen LogP contribution is 2.38. The smallest absolute Gasteiger partial charge is 0.242 e. The molecular formula is C33H55N3O4. The number of piperidine rings is 1. The minimum Gasteiger partial charge on any atom is -0.494 e. The predicted molar refractivity (Wildman–Crippen MR) is 161 cm³/mol. The van der Waals surface area contributed by atoms with E-state index >= 15 is 0 Å². The monoisotopic (exact) mass is 557 g/mol.